The topological polar surface area (TPSA) is 50.8 Å². The number of hydrogen-bond donors (Lipinski definition) is 1. The van der Waals surface area contributed by atoms with E-state index in [1.807, 2.05) is 41.5 Å². The molecule has 106 valence electrons. The zero-order chi connectivity index (χ0) is 14.0. The van der Waals surface area contributed by atoms with Crippen LogP contribution in [0.2, 0.25) is 0 Å². The number of carbonyl (C=O) groups excluding carboxylic acids is 1. The molecule has 1 heterocycles. The highest BCUT2D eigenvalue weighted by molar-refractivity contribution is 5.69. The number of nitrogens with one attached hydrogen (secondary N) is 1. The number of amides is 1. The van der Waals surface area contributed by atoms with Crippen LogP contribution < -0.4 is 5.32 Å². The molecule has 0 aliphatic carbocycles. The predicted molar refractivity (Wildman–Crippen MR) is 70.4 cm³/mol. The minimum atomic E-state index is -0.609. The fraction of sp³-hybridized carbons (Fsp3) is 0.923. The molecule has 0 aromatic rings. The monoisotopic (exact) mass is 258 g/mol. The normalized spacial score (nSPS) is 23.2. The van der Waals surface area contributed by atoms with Crippen molar-refractivity contribution in [3.05, 3.63) is 0 Å². The molecule has 0 aromatic carbocycles. The number of likely N-dealkylation sites (N-methyl/N-ethyl adjacent to an activating group) is 1. The molecule has 1 N–H and O–H groups in total. The molecule has 1 amide bonds. The fourth-order valence-corrected chi connectivity index (χ4v) is 2.03. The van der Waals surface area contributed by atoms with E-state index in [1.54, 1.807) is 4.90 Å². The summed E-state index contributed by atoms with van der Waals surface area (Å²) in [5.41, 5.74) is -1.10. The Balaban J connectivity index is 2.75. The summed E-state index contributed by atoms with van der Waals surface area (Å²) in [6.45, 7) is 13.6. The van der Waals surface area contributed by atoms with E-state index in [1.165, 1.54) is 0 Å². The van der Waals surface area contributed by atoms with Crippen molar-refractivity contribution in [3.8, 4) is 0 Å². The highest BCUT2D eigenvalue weighted by Gasteiger charge is 2.45. The van der Waals surface area contributed by atoms with Gasteiger partial charge in [0.25, 0.3) is 0 Å². The predicted octanol–water partition coefficient (Wildman–Crippen LogP) is 1.97. The Morgan fingerprint density at radius 2 is 2.11 bits per heavy atom. The highest BCUT2D eigenvalue weighted by Crippen LogP contribution is 2.28. The van der Waals surface area contributed by atoms with Crippen LogP contribution in [0.5, 0.6) is 0 Å². The van der Waals surface area contributed by atoms with Crippen LogP contribution in [0.15, 0.2) is 0 Å². The first-order valence-corrected chi connectivity index (χ1v) is 6.54. The lowest BCUT2D eigenvalue weighted by atomic mass is 10.2. The van der Waals surface area contributed by atoms with Crippen molar-refractivity contribution in [2.75, 3.05) is 19.7 Å². The van der Waals surface area contributed by atoms with Crippen LogP contribution in [0.4, 0.5) is 4.79 Å². The molecular formula is C13H26N2O3. The molecule has 1 atom stereocenters. The Kier molecular flexibility index (Phi) is 4.61. The summed E-state index contributed by atoms with van der Waals surface area (Å²) < 4.78 is 11.1. The Labute approximate surface area is 110 Å². The van der Waals surface area contributed by atoms with E-state index in [0.717, 1.165) is 13.1 Å². The van der Waals surface area contributed by atoms with Crippen LogP contribution in [0.25, 0.3) is 0 Å². The van der Waals surface area contributed by atoms with Crippen LogP contribution >= 0.6 is 0 Å². The lowest BCUT2D eigenvalue weighted by molar-refractivity contribution is -0.0623. The third-order valence-corrected chi connectivity index (χ3v) is 2.79. The molecule has 18 heavy (non-hydrogen) atoms. The molecule has 1 aliphatic heterocycles. The van der Waals surface area contributed by atoms with Gasteiger partial charge in [-0.2, -0.15) is 0 Å². The lowest BCUT2D eigenvalue weighted by Gasteiger charge is -2.35. The maximum absolute atomic E-state index is 12.2. The average molecular weight is 258 g/mol. The minimum absolute atomic E-state index is 0.0230. The summed E-state index contributed by atoms with van der Waals surface area (Å²) >= 11 is 0. The zero-order valence-corrected chi connectivity index (χ0v) is 12.4. The van der Waals surface area contributed by atoms with Crippen LogP contribution in [0.3, 0.4) is 0 Å². The van der Waals surface area contributed by atoms with Crippen LogP contribution in [0.1, 0.15) is 41.5 Å². The molecule has 0 radical (unpaired) electrons. The van der Waals surface area contributed by atoms with Gasteiger partial charge < -0.3 is 14.8 Å². The maximum Gasteiger partial charge on any atom is 0.412 e. The first-order valence-electron chi connectivity index (χ1n) is 6.54. The second-order valence-electron chi connectivity index (χ2n) is 6.07. The molecule has 0 bridgehead atoms. The van der Waals surface area contributed by atoms with Crippen molar-refractivity contribution in [3.63, 3.8) is 0 Å². The molecule has 5 nitrogen and oxygen atoms in total. The number of rotatable bonds is 3. The second-order valence-corrected chi connectivity index (χ2v) is 6.07. The number of hydrogen-bond acceptors (Lipinski definition) is 4. The van der Waals surface area contributed by atoms with E-state index >= 15 is 0 Å². The summed E-state index contributed by atoms with van der Waals surface area (Å²) in [5.74, 6) is 0. The Morgan fingerprint density at radius 3 is 2.61 bits per heavy atom. The van der Waals surface area contributed by atoms with E-state index in [9.17, 15) is 4.79 Å². The molecule has 1 rings (SSSR count). The SMILES string of the molecule is CCNC[C@H]1COC(C)(C)N1C(=O)OC(C)(C)C. The number of carbonyl (C=O) groups is 1. The maximum atomic E-state index is 12.2. The van der Waals surface area contributed by atoms with Gasteiger partial charge in [0.2, 0.25) is 0 Å². The summed E-state index contributed by atoms with van der Waals surface area (Å²) in [4.78, 5) is 13.9. The lowest BCUT2D eigenvalue weighted by Crippen LogP contribution is -2.52. The van der Waals surface area contributed by atoms with E-state index in [-0.39, 0.29) is 12.1 Å². The molecule has 0 unspecified atom stereocenters. The zero-order valence-electron chi connectivity index (χ0n) is 12.4. The van der Waals surface area contributed by atoms with E-state index < -0.39 is 11.3 Å². The Morgan fingerprint density at radius 1 is 1.50 bits per heavy atom. The average Bonchev–Trinajstić information content (AvgIpc) is 2.48. The summed E-state index contributed by atoms with van der Waals surface area (Å²) in [6, 6.07) is 0.0230. The van der Waals surface area contributed by atoms with Crippen LogP contribution in [-0.4, -0.2) is 48.1 Å². The minimum Gasteiger partial charge on any atom is -0.444 e. The first kappa shape index (κ1) is 15.2. The largest absolute Gasteiger partial charge is 0.444 e. The Bertz CT molecular complexity index is 297. The van der Waals surface area contributed by atoms with E-state index in [4.69, 9.17) is 9.47 Å². The van der Waals surface area contributed by atoms with Gasteiger partial charge in [0.1, 0.15) is 11.3 Å². The first-order chi connectivity index (χ1) is 8.17. The van der Waals surface area contributed by atoms with Gasteiger partial charge in [-0.3, -0.25) is 4.90 Å². The smallest absolute Gasteiger partial charge is 0.412 e. The standard InChI is InChI=1S/C13H26N2O3/c1-7-14-8-10-9-17-13(5,6)15(10)11(16)18-12(2,3)4/h10,14H,7-9H2,1-6H3/t10-/m0/s1. The van der Waals surface area contributed by atoms with Crippen LogP contribution in [0, 0.1) is 0 Å². The summed E-state index contributed by atoms with van der Waals surface area (Å²) in [5, 5.41) is 3.25. The highest BCUT2D eigenvalue weighted by atomic mass is 16.6. The third kappa shape index (κ3) is 3.85. The molecular weight excluding hydrogens is 232 g/mol. The third-order valence-electron chi connectivity index (χ3n) is 2.79. The summed E-state index contributed by atoms with van der Waals surface area (Å²) in [7, 11) is 0. The van der Waals surface area contributed by atoms with Gasteiger partial charge in [0.05, 0.1) is 12.6 Å². The molecule has 0 aromatic heterocycles. The van der Waals surface area contributed by atoms with E-state index in [0.29, 0.717) is 6.61 Å². The van der Waals surface area contributed by atoms with E-state index in [2.05, 4.69) is 5.32 Å². The van der Waals surface area contributed by atoms with Crippen molar-refractivity contribution in [2.45, 2.75) is 58.9 Å². The van der Waals surface area contributed by atoms with Crippen molar-refractivity contribution in [1.29, 1.82) is 0 Å². The molecule has 1 saturated heterocycles. The fourth-order valence-electron chi connectivity index (χ4n) is 2.03. The van der Waals surface area contributed by atoms with Gasteiger partial charge in [0.15, 0.2) is 0 Å². The van der Waals surface area contributed by atoms with Crippen molar-refractivity contribution < 1.29 is 14.3 Å². The number of nitrogens with zero attached hydrogens (tertiary/aromatic N) is 1. The quantitative estimate of drug-likeness (QED) is 0.841. The Hall–Kier alpha value is -0.810. The van der Waals surface area contributed by atoms with Gasteiger partial charge in [-0.25, -0.2) is 4.79 Å². The molecule has 0 saturated carbocycles. The number of ether oxygens (including phenoxy) is 2. The second kappa shape index (κ2) is 5.45. The van der Waals surface area contributed by atoms with Crippen molar-refractivity contribution >= 4 is 6.09 Å². The molecule has 5 heteroatoms. The van der Waals surface area contributed by atoms with Gasteiger partial charge in [-0.15, -0.1) is 0 Å². The van der Waals surface area contributed by atoms with Crippen LogP contribution in [-0.2, 0) is 9.47 Å². The van der Waals surface area contributed by atoms with Gasteiger partial charge in [-0.1, -0.05) is 6.92 Å². The molecule has 1 aliphatic rings. The van der Waals surface area contributed by atoms with Gasteiger partial charge >= 0.3 is 6.09 Å². The summed E-state index contributed by atoms with van der Waals surface area (Å²) in [6.07, 6.45) is -0.312. The van der Waals surface area contributed by atoms with Gasteiger partial charge in [-0.05, 0) is 41.2 Å². The van der Waals surface area contributed by atoms with Gasteiger partial charge in [0, 0.05) is 6.54 Å². The van der Waals surface area contributed by atoms with Crippen molar-refractivity contribution in [1.82, 2.24) is 10.2 Å². The molecule has 0 spiro atoms. The molecule has 1 fully saturated rings. The van der Waals surface area contributed by atoms with Crippen molar-refractivity contribution in [2.24, 2.45) is 0 Å².